The summed E-state index contributed by atoms with van der Waals surface area (Å²) in [5.74, 6) is -0.794. The summed E-state index contributed by atoms with van der Waals surface area (Å²) in [5, 5.41) is 28.4. The van der Waals surface area contributed by atoms with Gasteiger partial charge in [-0.15, -0.1) is 0 Å². The van der Waals surface area contributed by atoms with Gasteiger partial charge in [0.25, 0.3) is 5.69 Å². The smallest absolute Gasteiger partial charge is 0.465 e. The van der Waals surface area contributed by atoms with E-state index in [4.69, 9.17) is 10.0 Å². The summed E-state index contributed by atoms with van der Waals surface area (Å²) < 4.78 is 4.40. The van der Waals surface area contributed by atoms with E-state index >= 15 is 0 Å². The minimum atomic E-state index is -1.98. The number of hydrogen-bond donors (Lipinski definition) is 2. The number of nitro groups is 1. The summed E-state index contributed by atoms with van der Waals surface area (Å²) in [5.41, 5.74) is -0.722. The molecule has 1 aromatic carbocycles. The van der Waals surface area contributed by atoms with Crippen LogP contribution in [0.5, 0.6) is 0 Å². The van der Waals surface area contributed by atoms with Crippen LogP contribution in [0, 0.1) is 10.1 Å². The van der Waals surface area contributed by atoms with Crippen LogP contribution < -0.4 is 5.46 Å². The predicted octanol–water partition coefficient (Wildman–Crippen LogP) is -0.939. The standard InChI is InChI=1S/C8H8BNO6/c1-16-8(11)6-3-2-5(10(14)15)4-7(6)9(12)13/h2-4,12-13H,1H3. The maximum absolute atomic E-state index is 11.2. The largest absolute Gasteiger partial charge is 0.489 e. The van der Waals surface area contributed by atoms with Gasteiger partial charge in [0.2, 0.25) is 0 Å². The summed E-state index contributed by atoms with van der Waals surface area (Å²) in [6, 6.07) is 3.10. The van der Waals surface area contributed by atoms with Crippen molar-refractivity contribution in [2.24, 2.45) is 0 Å². The topological polar surface area (TPSA) is 110 Å². The Balaban J connectivity index is 3.30. The van der Waals surface area contributed by atoms with Crippen LogP contribution in [0.25, 0.3) is 0 Å². The number of hydrogen-bond acceptors (Lipinski definition) is 6. The van der Waals surface area contributed by atoms with Crippen LogP contribution in [-0.2, 0) is 4.74 Å². The lowest BCUT2D eigenvalue weighted by Crippen LogP contribution is -2.35. The minimum absolute atomic E-state index is 0.122. The Labute approximate surface area is 90.6 Å². The molecule has 0 aliphatic rings. The molecule has 0 aromatic heterocycles. The van der Waals surface area contributed by atoms with Gasteiger partial charge in [0.1, 0.15) is 0 Å². The average molecular weight is 225 g/mol. The van der Waals surface area contributed by atoms with Crippen molar-refractivity contribution in [1.82, 2.24) is 0 Å². The minimum Gasteiger partial charge on any atom is -0.465 e. The van der Waals surface area contributed by atoms with Crippen LogP contribution in [0.1, 0.15) is 10.4 Å². The van der Waals surface area contributed by atoms with E-state index in [1.807, 2.05) is 0 Å². The van der Waals surface area contributed by atoms with Gasteiger partial charge in [-0.25, -0.2) is 4.79 Å². The monoisotopic (exact) mass is 225 g/mol. The van der Waals surface area contributed by atoms with Crippen LogP contribution in [-0.4, -0.2) is 35.2 Å². The molecule has 8 heteroatoms. The number of carbonyl (C=O) groups excluding carboxylic acids is 1. The fourth-order valence-electron chi connectivity index (χ4n) is 1.17. The maximum atomic E-state index is 11.2. The molecule has 0 saturated carbocycles. The molecule has 0 aliphatic carbocycles. The number of esters is 1. The molecule has 0 bridgehead atoms. The molecule has 0 atom stereocenters. The van der Waals surface area contributed by atoms with E-state index in [9.17, 15) is 14.9 Å². The van der Waals surface area contributed by atoms with Crippen LogP contribution >= 0.6 is 0 Å². The second-order valence-corrected chi connectivity index (χ2v) is 2.89. The molecule has 84 valence electrons. The number of benzene rings is 1. The SMILES string of the molecule is COC(=O)c1ccc([N+](=O)[O-])cc1B(O)O. The van der Waals surface area contributed by atoms with Crippen molar-refractivity contribution >= 4 is 24.2 Å². The van der Waals surface area contributed by atoms with E-state index in [1.54, 1.807) is 0 Å². The van der Waals surface area contributed by atoms with Gasteiger partial charge in [0.05, 0.1) is 17.6 Å². The molecule has 1 aromatic rings. The van der Waals surface area contributed by atoms with Crippen molar-refractivity contribution in [2.75, 3.05) is 7.11 Å². The summed E-state index contributed by atoms with van der Waals surface area (Å²) in [6.45, 7) is 0. The van der Waals surface area contributed by atoms with Crippen LogP contribution in [0.2, 0.25) is 0 Å². The Morgan fingerprint density at radius 2 is 2.12 bits per heavy atom. The molecule has 7 nitrogen and oxygen atoms in total. The lowest BCUT2D eigenvalue weighted by Gasteiger charge is -2.06. The first-order valence-electron chi connectivity index (χ1n) is 4.20. The lowest BCUT2D eigenvalue weighted by molar-refractivity contribution is -0.384. The highest BCUT2D eigenvalue weighted by Gasteiger charge is 2.23. The zero-order chi connectivity index (χ0) is 12.3. The molecular weight excluding hydrogens is 217 g/mol. The molecule has 0 saturated heterocycles. The fourth-order valence-corrected chi connectivity index (χ4v) is 1.17. The molecule has 0 radical (unpaired) electrons. The van der Waals surface area contributed by atoms with Crippen LogP contribution in [0.4, 0.5) is 5.69 Å². The molecule has 1 rings (SSSR count). The number of ether oxygens (including phenoxy) is 1. The van der Waals surface area contributed by atoms with Crippen molar-refractivity contribution in [2.45, 2.75) is 0 Å². The molecule has 0 amide bonds. The maximum Gasteiger partial charge on any atom is 0.489 e. The highest BCUT2D eigenvalue weighted by Crippen LogP contribution is 2.11. The second-order valence-electron chi connectivity index (χ2n) is 2.89. The highest BCUT2D eigenvalue weighted by atomic mass is 16.6. The third-order valence-corrected chi connectivity index (χ3v) is 1.93. The Hall–Kier alpha value is -1.93. The Kier molecular flexibility index (Phi) is 3.59. The second kappa shape index (κ2) is 4.73. The zero-order valence-corrected chi connectivity index (χ0v) is 8.28. The van der Waals surface area contributed by atoms with E-state index in [2.05, 4.69) is 4.74 Å². The van der Waals surface area contributed by atoms with Crippen LogP contribution in [0.3, 0.4) is 0 Å². The van der Waals surface area contributed by atoms with Gasteiger partial charge >= 0.3 is 13.1 Å². The van der Waals surface area contributed by atoms with Crippen molar-refractivity contribution in [3.05, 3.63) is 33.9 Å². The van der Waals surface area contributed by atoms with Gasteiger partial charge < -0.3 is 14.8 Å². The quantitative estimate of drug-likeness (QED) is 0.297. The van der Waals surface area contributed by atoms with E-state index in [1.165, 1.54) is 0 Å². The molecule has 0 fully saturated rings. The van der Waals surface area contributed by atoms with Gasteiger partial charge in [0, 0.05) is 17.6 Å². The summed E-state index contributed by atoms with van der Waals surface area (Å²) >= 11 is 0. The molecule has 16 heavy (non-hydrogen) atoms. The normalized spacial score (nSPS) is 9.69. The first-order chi connectivity index (χ1) is 7.47. The number of nitrogens with zero attached hydrogens (tertiary/aromatic N) is 1. The lowest BCUT2D eigenvalue weighted by atomic mass is 9.76. The van der Waals surface area contributed by atoms with Crippen molar-refractivity contribution < 1.29 is 24.5 Å². The van der Waals surface area contributed by atoms with Gasteiger partial charge in [-0.1, -0.05) is 0 Å². The predicted molar refractivity (Wildman–Crippen MR) is 54.3 cm³/mol. The summed E-state index contributed by atoms with van der Waals surface area (Å²) in [6.07, 6.45) is 0. The van der Waals surface area contributed by atoms with Crippen LogP contribution in [0.15, 0.2) is 18.2 Å². The highest BCUT2D eigenvalue weighted by molar-refractivity contribution is 6.60. The van der Waals surface area contributed by atoms with Crippen molar-refractivity contribution in [3.8, 4) is 0 Å². The third kappa shape index (κ3) is 2.36. The number of rotatable bonds is 3. The average Bonchev–Trinajstić information content (AvgIpc) is 2.26. The third-order valence-electron chi connectivity index (χ3n) is 1.93. The Morgan fingerprint density at radius 1 is 1.50 bits per heavy atom. The molecule has 0 spiro atoms. The molecule has 0 heterocycles. The molecule has 2 N–H and O–H groups in total. The molecule has 0 aliphatic heterocycles. The number of methoxy groups -OCH3 is 1. The van der Waals surface area contributed by atoms with Gasteiger partial charge in [0.15, 0.2) is 0 Å². The zero-order valence-electron chi connectivity index (χ0n) is 8.28. The van der Waals surface area contributed by atoms with E-state index in [0.717, 1.165) is 25.3 Å². The Morgan fingerprint density at radius 3 is 2.56 bits per heavy atom. The number of carbonyl (C=O) groups is 1. The molecular formula is C8H8BNO6. The van der Waals surface area contributed by atoms with E-state index in [0.29, 0.717) is 0 Å². The Bertz CT molecular complexity index is 433. The number of nitro benzene ring substituents is 1. The first kappa shape index (κ1) is 12.1. The van der Waals surface area contributed by atoms with Crippen molar-refractivity contribution in [3.63, 3.8) is 0 Å². The fraction of sp³-hybridized carbons (Fsp3) is 0.125. The van der Waals surface area contributed by atoms with E-state index in [-0.39, 0.29) is 16.7 Å². The van der Waals surface area contributed by atoms with E-state index < -0.39 is 18.0 Å². The van der Waals surface area contributed by atoms with Gasteiger partial charge in [-0.2, -0.15) is 0 Å². The summed E-state index contributed by atoms with van der Waals surface area (Å²) in [7, 11) is -0.855. The van der Waals surface area contributed by atoms with Gasteiger partial charge in [-0.05, 0) is 6.07 Å². The number of non-ortho nitro benzene ring substituents is 1. The van der Waals surface area contributed by atoms with Crippen molar-refractivity contribution in [1.29, 1.82) is 0 Å². The summed E-state index contributed by atoms with van der Waals surface area (Å²) in [4.78, 5) is 21.0. The first-order valence-corrected chi connectivity index (χ1v) is 4.20. The van der Waals surface area contributed by atoms with Gasteiger partial charge in [-0.3, -0.25) is 10.1 Å². The molecule has 0 unspecified atom stereocenters.